The molecule has 0 amide bonds. The molecule has 1 aromatic rings. The number of hydrogen-bond donors (Lipinski definition) is 1. The lowest BCUT2D eigenvalue weighted by molar-refractivity contribution is 0.0166. The highest BCUT2D eigenvalue weighted by atomic mass is 16.5. The van der Waals surface area contributed by atoms with E-state index in [1.165, 1.54) is 12.0 Å². The van der Waals surface area contributed by atoms with Crippen molar-refractivity contribution >= 4 is 0 Å². The molecule has 1 atom stereocenters. The first-order valence-electron chi connectivity index (χ1n) is 7.43. The zero-order chi connectivity index (χ0) is 13.3. The van der Waals surface area contributed by atoms with E-state index in [-0.39, 0.29) is 0 Å². The van der Waals surface area contributed by atoms with E-state index in [1.54, 1.807) is 0 Å². The fraction of sp³-hybridized carbons (Fsp3) is 0.733. The highest BCUT2D eigenvalue weighted by Crippen LogP contribution is 2.11. The van der Waals surface area contributed by atoms with E-state index in [0.29, 0.717) is 6.10 Å². The molecule has 1 N–H and O–H groups in total. The van der Waals surface area contributed by atoms with Gasteiger partial charge in [-0.05, 0) is 44.4 Å². The lowest BCUT2D eigenvalue weighted by Crippen LogP contribution is -2.18. The molecule has 1 saturated heterocycles. The molecule has 1 fully saturated rings. The Hall–Kier alpha value is -0.840. The quantitative estimate of drug-likeness (QED) is 0.696. The standard InChI is InChI=1S/C15H26N2O2/c1-2-17-8-6-14(12-17)11-16-7-4-9-18-13-15-5-3-10-19-15/h6,8,12,15-16H,2-5,7,9-11,13H2,1H3. The van der Waals surface area contributed by atoms with Gasteiger partial charge in [-0.1, -0.05) is 0 Å². The van der Waals surface area contributed by atoms with Crippen LogP contribution in [-0.2, 0) is 22.6 Å². The van der Waals surface area contributed by atoms with E-state index in [9.17, 15) is 0 Å². The van der Waals surface area contributed by atoms with Crippen LogP contribution in [0.2, 0.25) is 0 Å². The maximum absolute atomic E-state index is 5.62. The first-order valence-corrected chi connectivity index (χ1v) is 7.43. The van der Waals surface area contributed by atoms with Gasteiger partial charge in [0.15, 0.2) is 0 Å². The smallest absolute Gasteiger partial charge is 0.0809 e. The van der Waals surface area contributed by atoms with Crippen LogP contribution in [0.3, 0.4) is 0 Å². The lowest BCUT2D eigenvalue weighted by atomic mass is 10.2. The number of nitrogens with one attached hydrogen (secondary N) is 1. The molecule has 2 rings (SSSR count). The summed E-state index contributed by atoms with van der Waals surface area (Å²) in [5.74, 6) is 0. The van der Waals surface area contributed by atoms with Gasteiger partial charge in [0.1, 0.15) is 0 Å². The molecule has 1 aromatic heterocycles. The Balaban J connectivity index is 1.43. The second-order valence-electron chi connectivity index (χ2n) is 5.09. The molecule has 4 nitrogen and oxygen atoms in total. The van der Waals surface area contributed by atoms with Crippen LogP contribution in [0.1, 0.15) is 31.7 Å². The second kappa shape index (κ2) is 8.35. The van der Waals surface area contributed by atoms with Gasteiger partial charge in [-0.2, -0.15) is 0 Å². The van der Waals surface area contributed by atoms with Crippen molar-refractivity contribution in [3.05, 3.63) is 24.0 Å². The van der Waals surface area contributed by atoms with Gasteiger partial charge in [-0.3, -0.25) is 0 Å². The molecule has 2 heterocycles. The van der Waals surface area contributed by atoms with E-state index in [4.69, 9.17) is 9.47 Å². The van der Waals surface area contributed by atoms with Crippen molar-refractivity contribution in [2.24, 2.45) is 0 Å². The summed E-state index contributed by atoms with van der Waals surface area (Å²) in [6.07, 6.45) is 8.07. The van der Waals surface area contributed by atoms with Crippen molar-refractivity contribution in [3.8, 4) is 0 Å². The summed E-state index contributed by atoms with van der Waals surface area (Å²) >= 11 is 0. The molecule has 0 aliphatic carbocycles. The molecular weight excluding hydrogens is 240 g/mol. The Kier molecular flexibility index (Phi) is 6.41. The molecule has 4 heteroatoms. The first kappa shape index (κ1) is 14.6. The minimum absolute atomic E-state index is 0.349. The summed E-state index contributed by atoms with van der Waals surface area (Å²) in [7, 11) is 0. The van der Waals surface area contributed by atoms with Crippen molar-refractivity contribution in [2.45, 2.75) is 45.4 Å². The molecule has 0 saturated carbocycles. The molecule has 108 valence electrons. The van der Waals surface area contributed by atoms with Gasteiger partial charge in [0.2, 0.25) is 0 Å². The predicted octanol–water partition coefficient (Wildman–Crippen LogP) is 2.18. The van der Waals surface area contributed by atoms with E-state index < -0.39 is 0 Å². The monoisotopic (exact) mass is 266 g/mol. The average Bonchev–Trinajstić information content (AvgIpc) is 3.08. The number of aromatic nitrogens is 1. The van der Waals surface area contributed by atoms with Crippen LogP contribution >= 0.6 is 0 Å². The molecule has 1 aliphatic heterocycles. The largest absolute Gasteiger partial charge is 0.379 e. The predicted molar refractivity (Wildman–Crippen MR) is 76.2 cm³/mol. The Morgan fingerprint density at radius 2 is 2.47 bits per heavy atom. The minimum Gasteiger partial charge on any atom is -0.379 e. The van der Waals surface area contributed by atoms with Gasteiger partial charge in [0, 0.05) is 38.7 Å². The summed E-state index contributed by atoms with van der Waals surface area (Å²) in [5.41, 5.74) is 1.35. The zero-order valence-corrected chi connectivity index (χ0v) is 11.9. The highest BCUT2D eigenvalue weighted by molar-refractivity contribution is 5.09. The van der Waals surface area contributed by atoms with E-state index in [1.807, 2.05) is 0 Å². The minimum atomic E-state index is 0.349. The summed E-state index contributed by atoms with van der Waals surface area (Å²) < 4.78 is 13.3. The average molecular weight is 266 g/mol. The molecule has 0 radical (unpaired) electrons. The van der Waals surface area contributed by atoms with Crippen molar-refractivity contribution < 1.29 is 9.47 Å². The van der Waals surface area contributed by atoms with Gasteiger partial charge >= 0.3 is 0 Å². The van der Waals surface area contributed by atoms with E-state index >= 15 is 0 Å². The Labute approximate surface area is 116 Å². The molecule has 19 heavy (non-hydrogen) atoms. The molecule has 0 spiro atoms. The van der Waals surface area contributed by atoms with Crippen LogP contribution in [0.4, 0.5) is 0 Å². The number of hydrogen-bond acceptors (Lipinski definition) is 3. The van der Waals surface area contributed by atoms with Crippen LogP contribution in [-0.4, -0.2) is 37.0 Å². The van der Waals surface area contributed by atoms with Crippen LogP contribution in [0, 0.1) is 0 Å². The van der Waals surface area contributed by atoms with Gasteiger partial charge in [0.05, 0.1) is 12.7 Å². The fourth-order valence-corrected chi connectivity index (χ4v) is 2.31. The number of ether oxygens (including phenoxy) is 2. The lowest BCUT2D eigenvalue weighted by Gasteiger charge is -2.10. The van der Waals surface area contributed by atoms with Crippen LogP contribution in [0.15, 0.2) is 18.5 Å². The van der Waals surface area contributed by atoms with Crippen molar-refractivity contribution in [3.63, 3.8) is 0 Å². The van der Waals surface area contributed by atoms with E-state index in [0.717, 1.165) is 52.3 Å². The summed E-state index contributed by atoms with van der Waals surface area (Å²) in [6.45, 7) is 7.64. The number of nitrogens with zero attached hydrogens (tertiary/aromatic N) is 1. The summed E-state index contributed by atoms with van der Waals surface area (Å²) in [6, 6.07) is 2.17. The molecule has 1 unspecified atom stereocenters. The third-order valence-corrected chi connectivity index (χ3v) is 3.48. The van der Waals surface area contributed by atoms with Gasteiger partial charge in [-0.15, -0.1) is 0 Å². The maximum atomic E-state index is 5.62. The van der Waals surface area contributed by atoms with Crippen LogP contribution in [0.25, 0.3) is 0 Å². The highest BCUT2D eigenvalue weighted by Gasteiger charge is 2.14. The van der Waals surface area contributed by atoms with Crippen LogP contribution < -0.4 is 5.32 Å². The van der Waals surface area contributed by atoms with Crippen molar-refractivity contribution in [1.29, 1.82) is 0 Å². The zero-order valence-electron chi connectivity index (χ0n) is 11.9. The molecule has 0 bridgehead atoms. The SMILES string of the molecule is CCn1ccc(CNCCCOCC2CCCO2)c1. The van der Waals surface area contributed by atoms with Crippen molar-refractivity contribution in [2.75, 3.05) is 26.4 Å². The van der Waals surface area contributed by atoms with Gasteiger partial charge in [0.25, 0.3) is 0 Å². The van der Waals surface area contributed by atoms with Gasteiger partial charge in [-0.25, -0.2) is 0 Å². The summed E-state index contributed by atoms with van der Waals surface area (Å²) in [4.78, 5) is 0. The summed E-state index contributed by atoms with van der Waals surface area (Å²) in [5, 5.41) is 3.44. The number of rotatable bonds is 9. The van der Waals surface area contributed by atoms with Gasteiger partial charge < -0.3 is 19.4 Å². The molecule has 0 aromatic carbocycles. The Morgan fingerprint density at radius 3 is 3.21 bits per heavy atom. The fourth-order valence-electron chi connectivity index (χ4n) is 2.31. The van der Waals surface area contributed by atoms with Crippen LogP contribution in [0.5, 0.6) is 0 Å². The Morgan fingerprint density at radius 1 is 1.53 bits per heavy atom. The third-order valence-electron chi connectivity index (χ3n) is 3.48. The topological polar surface area (TPSA) is 35.4 Å². The molecule has 1 aliphatic rings. The Bertz CT molecular complexity index is 346. The van der Waals surface area contributed by atoms with Crippen molar-refractivity contribution in [1.82, 2.24) is 9.88 Å². The number of aryl methyl sites for hydroxylation is 1. The third kappa shape index (κ3) is 5.35. The normalized spacial score (nSPS) is 19.1. The van der Waals surface area contributed by atoms with E-state index in [2.05, 4.69) is 35.3 Å². The first-order chi connectivity index (χ1) is 9.38. The second-order valence-corrected chi connectivity index (χ2v) is 5.09. The molecular formula is C15H26N2O2. The maximum Gasteiger partial charge on any atom is 0.0809 e.